The van der Waals surface area contributed by atoms with Gasteiger partial charge in [-0.25, -0.2) is 9.97 Å². The first kappa shape index (κ1) is 16.0. The van der Waals surface area contributed by atoms with Crippen molar-refractivity contribution in [2.75, 3.05) is 5.32 Å². The van der Waals surface area contributed by atoms with Gasteiger partial charge in [-0.2, -0.15) is 13.6 Å². The van der Waals surface area contributed by atoms with Crippen LogP contribution in [0.25, 0.3) is 16.9 Å². The number of halogens is 1. The zero-order valence-corrected chi connectivity index (χ0v) is 14.7. The number of nitrogens with two attached hydrogens (primary N) is 1. The molecular weight excluding hydrogens is 363 g/mol. The first-order chi connectivity index (χ1) is 12.2. The number of aromatic nitrogens is 6. The smallest absolute Gasteiger partial charge is 0.187 e. The molecule has 0 fully saturated rings. The Labute approximate surface area is 150 Å². The highest BCUT2D eigenvalue weighted by Gasteiger charge is 2.14. The molecule has 4 rings (SSSR count). The molecule has 0 saturated carbocycles. The van der Waals surface area contributed by atoms with Gasteiger partial charge in [0.05, 0.1) is 29.5 Å². The summed E-state index contributed by atoms with van der Waals surface area (Å²) in [5.41, 5.74) is 9.45. The van der Waals surface area contributed by atoms with E-state index in [1.165, 1.54) is 11.5 Å². The van der Waals surface area contributed by atoms with Crippen LogP contribution in [0, 0.1) is 6.92 Å². The highest BCUT2D eigenvalue weighted by atomic mass is 32.2. The lowest BCUT2D eigenvalue weighted by molar-refractivity contribution is 0.878. The Kier molecular flexibility index (Phi) is 4.11. The first-order valence-electron chi connectivity index (χ1n) is 7.29. The number of nitrogens with zero attached hydrogens (tertiary/aromatic N) is 6. The van der Waals surface area contributed by atoms with Crippen molar-refractivity contribution in [3.05, 3.63) is 42.2 Å². The van der Waals surface area contributed by atoms with Gasteiger partial charge in [-0.3, -0.25) is 4.40 Å². The lowest BCUT2D eigenvalue weighted by Gasteiger charge is -2.07. The minimum absolute atomic E-state index is 0.0402. The van der Waals surface area contributed by atoms with E-state index in [1.54, 1.807) is 18.6 Å². The van der Waals surface area contributed by atoms with Crippen LogP contribution in [-0.2, 0) is 6.54 Å². The lowest BCUT2D eigenvalue weighted by Crippen LogP contribution is -2.00. The van der Waals surface area contributed by atoms with E-state index in [4.69, 9.17) is 5.73 Å². The molecule has 0 spiro atoms. The van der Waals surface area contributed by atoms with Crippen molar-refractivity contribution in [2.24, 2.45) is 5.73 Å². The monoisotopic (exact) mass is 376 g/mol. The normalized spacial score (nSPS) is 11.3. The van der Waals surface area contributed by atoms with Crippen molar-refractivity contribution in [2.45, 2.75) is 13.5 Å². The van der Waals surface area contributed by atoms with Crippen LogP contribution in [0.2, 0.25) is 0 Å². The number of hydrogen-bond acceptors (Lipinski definition) is 8. The molecular formula is C14H13FN8S2. The van der Waals surface area contributed by atoms with Gasteiger partial charge in [-0.05, 0) is 24.5 Å². The van der Waals surface area contributed by atoms with Crippen molar-refractivity contribution < 1.29 is 3.89 Å². The molecule has 0 aliphatic carbocycles. The maximum atomic E-state index is 12.7. The number of rotatable bonds is 5. The summed E-state index contributed by atoms with van der Waals surface area (Å²) in [5.74, 6) is 0.616. The van der Waals surface area contributed by atoms with Crippen molar-refractivity contribution in [3.8, 4) is 11.3 Å². The van der Waals surface area contributed by atoms with E-state index in [9.17, 15) is 3.89 Å². The summed E-state index contributed by atoms with van der Waals surface area (Å²) in [6.07, 6.45) is 6.79. The number of imidazole rings is 1. The average Bonchev–Trinajstić information content (AvgIpc) is 3.33. The number of nitrogens with one attached hydrogen (secondary N) is 1. The van der Waals surface area contributed by atoms with Crippen LogP contribution in [0.3, 0.4) is 0 Å². The third kappa shape index (κ3) is 2.97. The van der Waals surface area contributed by atoms with E-state index in [2.05, 4.69) is 24.8 Å². The Morgan fingerprint density at radius 3 is 2.96 bits per heavy atom. The van der Waals surface area contributed by atoms with Gasteiger partial charge < -0.3 is 11.1 Å². The van der Waals surface area contributed by atoms with E-state index < -0.39 is 0 Å². The first-order valence-corrected chi connectivity index (χ1v) is 8.74. The van der Waals surface area contributed by atoms with E-state index in [-0.39, 0.29) is 12.3 Å². The average molecular weight is 376 g/mol. The van der Waals surface area contributed by atoms with Crippen LogP contribution in [0.1, 0.15) is 11.4 Å². The van der Waals surface area contributed by atoms with Crippen LogP contribution in [0.5, 0.6) is 0 Å². The second-order valence-electron chi connectivity index (χ2n) is 5.28. The molecule has 0 unspecified atom stereocenters. The Morgan fingerprint density at radius 2 is 2.24 bits per heavy atom. The van der Waals surface area contributed by atoms with Crippen molar-refractivity contribution in [1.82, 2.24) is 27.9 Å². The van der Waals surface area contributed by atoms with Gasteiger partial charge in [0.25, 0.3) is 0 Å². The molecule has 0 amide bonds. The van der Waals surface area contributed by atoms with Crippen LogP contribution in [0.15, 0.2) is 30.9 Å². The van der Waals surface area contributed by atoms with Crippen molar-refractivity contribution >= 4 is 40.3 Å². The van der Waals surface area contributed by atoms with Gasteiger partial charge in [0.15, 0.2) is 23.8 Å². The Balaban J connectivity index is 1.78. The molecule has 0 radical (unpaired) electrons. The fourth-order valence-corrected chi connectivity index (χ4v) is 3.37. The summed E-state index contributed by atoms with van der Waals surface area (Å²) in [6.45, 7) is 2.28. The minimum Gasteiger partial charge on any atom is -0.328 e. The maximum Gasteiger partial charge on any atom is 0.187 e. The van der Waals surface area contributed by atoms with Gasteiger partial charge in [0, 0.05) is 24.5 Å². The molecule has 0 bridgehead atoms. The molecule has 0 aliphatic rings. The van der Waals surface area contributed by atoms with E-state index >= 15 is 0 Å². The quantitative estimate of drug-likeness (QED) is 0.552. The third-order valence-corrected chi connectivity index (χ3v) is 4.63. The van der Waals surface area contributed by atoms with Gasteiger partial charge in [0.1, 0.15) is 5.00 Å². The second-order valence-corrected chi connectivity index (χ2v) is 6.60. The highest BCUT2D eigenvalue weighted by molar-refractivity contribution is 7.92. The minimum atomic E-state index is 0.0402. The molecule has 0 aliphatic heterocycles. The molecule has 128 valence electrons. The highest BCUT2D eigenvalue weighted by Crippen LogP contribution is 2.28. The van der Waals surface area contributed by atoms with Crippen LogP contribution >= 0.6 is 23.9 Å². The van der Waals surface area contributed by atoms with E-state index in [0.29, 0.717) is 18.0 Å². The number of aryl methyl sites for hydroxylation is 1. The van der Waals surface area contributed by atoms with E-state index in [1.807, 2.05) is 23.6 Å². The zero-order chi connectivity index (χ0) is 17.4. The van der Waals surface area contributed by atoms with Gasteiger partial charge in [-0.1, -0.05) is 0 Å². The summed E-state index contributed by atoms with van der Waals surface area (Å²) in [4.78, 5) is 8.98. The van der Waals surface area contributed by atoms with Crippen LogP contribution < -0.4 is 11.1 Å². The second kappa shape index (κ2) is 6.43. The molecule has 25 heavy (non-hydrogen) atoms. The molecule has 0 atom stereocenters. The molecule has 4 heterocycles. The summed E-state index contributed by atoms with van der Waals surface area (Å²) in [6, 6.07) is 1.89. The predicted octanol–water partition coefficient (Wildman–Crippen LogP) is 2.94. The molecule has 0 aromatic carbocycles. The zero-order valence-electron chi connectivity index (χ0n) is 13.0. The molecule has 11 heteroatoms. The summed E-state index contributed by atoms with van der Waals surface area (Å²) in [5, 5.41) is 8.02. The third-order valence-electron chi connectivity index (χ3n) is 3.55. The Morgan fingerprint density at radius 1 is 1.36 bits per heavy atom. The fraction of sp³-hybridized carbons (Fsp3) is 0.143. The van der Waals surface area contributed by atoms with E-state index in [0.717, 1.165) is 31.7 Å². The molecule has 0 saturated heterocycles. The summed E-state index contributed by atoms with van der Waals surface area (Å²) < 4.78 is 20.0. The largest absolute Gasteiger partial charge is 0.328 e. The van der Waals surface area contributed by atoms with Gasteiger partial charge in [0.2, 0.25) is 0 Å². The Bertz CT molecular complexity index is 1040. The van der Waals surface area contributed by atoms with Crippen LogP contribution in [-0.4, -0.2) is 27.9 Å². The SMILES string of the molecule is Cc1cn2c(-c3cnn(SF)c3)cnc2c(Nc2cc(CN)ns2)n1. The number of hydrogen-bond donors (Lipinski definition) is 2. The topological polar surface area (TPSA) is 99.0 Å². The van der Waals surface area contributed by atoms with Gasteiger partial charge >= 0.3 is 0 Å². The predicted molar refractivity (Wildman–Crippen MR) is 96.3 cm³/mol. The number of anilines is 2. The fourth-order valence-electron chi connectivity index (χ4n) is 2.46. The summed E-state index contributed by atoms with van der Waals surface area (Å²) >= 11 is 1.36. The van der Waals surface area contributed by atoms with Crippen molar-refractivity contribution in [1.29, 1.82) is 0 Å². The Hall–Kier alpha value is -2.50. The van der Waals surface area contributed by atoms with Crippen molar-refractivity contribution in [3.63, 3.8) is 0 Å². The summed E-state index contributed by atoms with van der Waals surface area (Å²) in [7, 11) is 0. The standard InChI is InChI=1S/C14H13FN8S2/c1-8-6-22-11(9-4-18-23(7-9)25-15)5-17-14(22)13(19-8)20-12-2-10(3-16)21-24-12/h2,4-7H,3,16H2,1H3,(H,19,20). The lowest BCUT2D eigenvalue weighted by atomic mass is 10.3. The molecule has 4 aromatic heterocycles. The van der Waals surface area contributed by atoms with Crippen LogP contribution in [0.4, 0.5) is 14.7 Å². The molecule has 8 nitrogen and oxygen atoms in total. The van der Waals surface area contributed by atoms with Gasteiger partial charge in [-0.15, -0.1) is 3.89 Å². The molecule has 3 N–H and O–H groups in total. The maximum absolute atomic E-state index is 12.7. The molecule has 4 aromatic rings. The number of fused-ring (bicyclic) bond motifs is 1.